The highest BCUT2D eigenvalue weighted by molar-refractivity contribution is 5.91. The van der Waals surface area contributed by atoms with Gasteiger partial charge in [-0.25, -0.2) is 0 Å². The van der Waals surface area contributed by atoms with Crippen molar-refractivity contribution in [3.8, 4) is 0 Å². The van der Waals surface area contributed by atoms with Gasteiger partial charge in [-0.2, -0.15) is 0 Å². The molecule has 0 heterocycles. The predicted octanol–water partition coefficient (Wildman–Crippen LogP) is 1.19. The van der Waals surface area contributed by atoms with Crippen LogP contribution in [0.4, 0.5) is 5.69 Å². The standard InChI is InChI=1S/C14H20N2O2/c1-2-12(9-17)16-13(18)14(7-8-14)10-3-5-11(15)6-4-10/h3-6,12,17H,2,7-9,15H2,1H3,(H,16,18)/t12-/m0/s1. The molecule has 1 aromatic carbocycles. The normalized spacial score (nSPS) is 18.1. The van der Waals surface area contributed by atoms with E-state index < -0.39 is 5.41 Å². The number of benzene rings is 1. The topological polar surface area (TPSA) is 75.3 Å². The van der Waals surface area contributed by atoms with E-state index in [9.17, 15) is 4.79 Å². The SMILES string of the molecule is CC[C@@H](CO)NC(=O)C1(c2ccc(N)cc2)CC1. The summed E-state index contributed by atoms with van der Waals surface area (Å²) in [5.41, 5.74) is 6.99. The van der Waals surface area contributed by atoms with Gasteiger partial charge in [-0.1, -0.05) is 19.1 Å². The number of rotatable bonds is 5. The fourth-order valence-corrected chi connectivity index (χ4v) is 2.17. The molecule has 0 aliphatic heterocycles. The first-order valence-corrected chi connectivity index (χ1v) is 6.40. The molecule has 1 aliphatic carbocycles. The van der Waals surface area contributed by atoms with Gasteiger partial charge >= 0.3 is 0 Å². The number of nitrogens with two attached hydrogens (primary N) is 1. The van der Waals surface area contributed by atoms with Crippen LogP contribution < -0.4 is 11.1 Å². The Morgan fingerprint density at radius 3 is 2.50 bits per heavy atom. The van der Waals surface area contributed by atoms with E-state index in [0.29, 0.717) is 5.69 Å². The van der Waals surface area contributed by atoms with E-state index in [1.165, 1.54) is 0 Å². The zero-order valence-corrected chi connectivity index (χ0v) is 10.6. The molecule has 1 fully saturated rings. The van der Waals surface area contributed by atoms with Crippen molar-refractivity contribution >= 4 is 11.6 Å². The van der Waals surface area contributed by atoms with Gasteiger partial charge in [-0.3, -0.25) is 4.79 Å². The van der Waals surface area contributed by atoms with Gasteiger partial charge < -0.3 is 16.2 Å². The highest BCUT2D eigenvalue weighted by atomic mass is 16.3. The third kappa shape index (κ3) is 2.34. The van der Waals surface area contributed by atoms with E-state index in [2.05, 4.69) is 5.32 Å². The van der Waals surface area contributed by atoms with Crippen LogP contribution in [0.15, 0.2) is 24.3 Å². The highest BCUT2D eigenvalue weighted by Gasteiger charge is 2.51. The Morgan fingerprint density at radius 2 is 2.06 bits per heavy atom. The van der Waals surface area contributed by atoms with Crippen molar-refractivity contribution in [2.75, 3.05) is 12.3 Å². The number of nitrogens with one attached hydrogen (secondary N) is 1. The van der Waals surface area contributed by atoms with Crippen molar-refractivity contribution < 1.29 is 9.90 Å². The molecule has 2 rings (SSSR count). The summed E-state index contributed by atoms with van der Waals surface area (Å²) in [4.78, 5) is 12.3. The lowest BCUT2D eigenvalue weighted by atomic mass is 9.94. The summed E-state index contributed by atoms with van der Waals surface area (Å²) in [5, 5.41) is 12.0. The monoisotopic (exact) mass is 248 g/mol. The minimum absolute atomic E-state index is 0.0138. The molecule has 18 heavy (non-hydrogen) atoms. The molecular formula is C14H20N2O2. The Morgan fingerprint density at radius 1 is 1.44 bits per heavy atom. The average molecular weight is 248 g/mol. The molecule has 98 valence electrons. The van der Waals surface area contributed by atoms with E-state index in [1.54, 1.807) is 0 Å². The van der Waals surface area contributed by atoms with Crippen molar-refractivity contribution in [1.29, 1.82) is 0 Å². The molecule has 1 saturated carbocycles. The van der Waals surface area contributed by atoms with Crippen LogP contribution in [0.2, 0.25) is 0 Å². The number of aliphatic hydroxyl groups is 1. The maximum Gasteiger partial charge on any atom is 0.230 e. The van der Waals surface area contributed by atoms with Crippen molar-refractivity contribution in [2.24, 2.45) is 0 Å². The van der Waals surface area contributed by atoms with E-state index >= 15 is 0 Å². The first-order chi connectivity index (χ1) is 8.62. The maximum absolute atomic E-state index is 12.3. The summed E-state index contributed by atoms with van der Waals surface area (Å²) in [5.74, 6) is 0.0215. The number of aliphatic hydroxyl groups excluding tert-OH is 1. The predicted molar refractivity (Wildman–Crippen MR) is 71.1 cm³/mol. The largest absolute Gasteiger partial charge is 0.399 e. The number of nitrogen functional groups attached to an aromatic ring is 1. The van der Waals surface area contributed by atoms with Gasteiger partial charge in [-0.05, 0) is 37.0 Å². The van der Waals surface area contributed by atoms with Gasteiger partial charge in [0.15, 0.2) is 0 Å². The quantitative estimate of drug-likeness (QED) is 0.685. The Bertz CT molecular complexity index is 420. The number of amides is 1. The van der Waals surface area contributed by atoms with Gasteiger partial charge in [-0.15, -0.1) is 0 Å². The molecule has 1 aromatic rings. The minimum atomic E-state index is -0.393. The van der Waals surface area contributed by atoms with Crippen LogP contribution in [-0.4, -0.2) is 23.7 Å². The van der Waals surface area contributed by atoms with Crippen LogP contribution in [0.5, 0.6) is 0 Å². The van der Waals surface area contributed by atoms with Gasteiger partial charge in [0.25, 0.3) is 0 Å². The first-order valence-electron chi connectivity index (χ1n) is 6.40. The Hall–Kier alpha value is -1.55. The zero-order chi connectivity index (χ0) is 13.2. The molecule has 1 atom stereocenters. The van der Waals surface area contributed by atoms with E-state index in [-0.39, 0.29) is 18.6 Å². The molecule has 0 saturated heterocycles. The fraction of sp³-hybridized carbons (Fsp3) is 0.500. The molecule has 4 N–H and O–H groups in total. The number of hydrogen-bond donors (Lipinski definition) is 3. The molecule has 0 aromatic heterocycles. The van der Waals surface area contributed by atoms with Crippen molar-refractivity contribution in [2.45, 2.75) is 37.6 Å². The molecular weight excluding hydrogens is 228 g/mol. The van der Waals surface area contributed by atoms with Crippen LogP contribution >= 0.6 is 0 Å². The third-order valence-corrected chi connectivity index (χ3v) is 3.70. The highest BCUT2D eigenvalue weighted by Crippen LogP contribution is 2.48. The maximum atomic E-state index is 12.3. The molecule has 0 spiro atoms. The van der Waals surface area contributed by atoms with Crippen LogP contribution in [0.3, 0.4) is 0 Å². The third-order valence-electron chi connectivity index (χ3n) is 3.70. The zero-order valence-electron chi connectivity index (χ0n) is 10.6. The average Bonchev–Trinajstić information content (AvgIpc) is 3.18. The number of hydrogen-bond acceptors (Lipinski definition) is 3. The molecule has 0 radical (unpaired) electrons. The van der Waals surface area contributed by atoms with Crippen molar-refractivity contribution in [1.82, 2.24) is 5.32 Å². The lowest BCUT2D eigenvalue weighted by Crippen LogP contribution is -2.43. The van der Waals surface area contributed by atoms with Gasteiger partial charge in [0.05, 0.1) is 18.1 Å². The molecule has 0 unspecified atom stereocenters. The summed E-state index contributed by atoms with van der Waals surface area (Å²) >= 11 is 0. The molecule has 0 bridgehead atoms. The van der Waals surface area contributed by atoms with Gasteiger partial charge in [0, 0.05) is 5.69 Å². The minimum Gasteiger partial charge on any atom is -0.399 e. The second kappa shape index (κ2) is 4.98. The summed E-state index contributed by atoms with van der Waals surface area (Å²) < 4.78 is 0. The van der Waals surface area contributed by atoms with Gasteiger partial charge in [0.1, 0.15) is 0 Å². The van der Waals surface area contributed by atoms with E-state index in [4.69, 9.17) is 10.8 Å². The molecule has 4 heteroatoms. The lowest BCUT2D eigenvalue weighted by Gasteiger charge is -2.20. The lowest BCUT2D eigenvalue weighted by molar-refractivity contribution is -0.124. The molecule has 1 amide bonds. The summed E-state index contributed by atoms with van der Waals surface area (Å²) in [6.45, 7) is 1.93. The summed E-state index contributed by atoms with van der Waals surface area (Å²) in [6, 6.07) is 7.34. The number of carbonyl (C=O) groups is 1. The van der Waals surface area contributed by atoms with Gasteiger partial charge in [0.2, 0.25) is 5.91 Å². The Balaban J connectivity index is 2.11. The van der Waals surface area contributed by atoms with Crippen LogP contribution in [0, 0.1) is 0 Å². The molecule has 1 aliphatic rings. The fourth-order valence-electron chi connectivity index (χ4n) is 2.17. The first kappa shape index (κ1) is 12.9. The van der Waals surface area contributed by atoms with Crippen LogP contribution in [0.25, 0.3) is 0 Å². The Kier molecular flexibility index (Phi) is 3.57. The number of anilines is 1. The number of carbonyl (C=O) groups excluding carboxylic acids is 1. The molecule has 4 nitrogen and oxygen atoms in total. The van der Waals surface area contributed by atoms with Crippen LogP contribution in [-0.2, 0) is 10.2 Å². The smallest absolute Gasteiger partial charge is 0.230 e. The van der Waals surface area contributed by atoms with Crippen LogP contribution in [0.1, 0.15) is 31.7 Å². The van der Waals surface area contributed by atoms with Crippen molar-refractivity contribution in [3.63, 3.8) is 0 Å². The van der Waals surface area contributed by atoms with E-state index in [0.717, 1.165) is 24.8 Å². The van der Waals surface area contributed by atoms with E-state index in [1.807, 2.05) is 31.2 Å². The summed E-state index contributed by atoms with van der Waals surface area (Å²) in [6.07, 6.45) is 2.47. The van der Waals surface area contributed by atoms with Crippen molar-refractivity contribution in [3.05, 3.63) is 29.8 Å². The summed E-state index contributed by atoms with van der Waals surface area (Å²) in [7, 11) is 0. The second-order valence-electron chi connectivity index (χ2n) is 4.97. The second-order valence-corrected chi connectivity index (χ2v) is 4.97. The Labute approximate surface area is 107 Å².